The van der Waals surface area contributed by atoms with Crippen molar-refractivity contribution in [2.45, 2.75) is 13.0 Å². The molecule has 0 atom stereocenters. The van der Waals surface area contributed by atoms with E-state index in [1.54, 1.807) is 17.3 Å². The van der Waals surface area contributed by atoms with Crippen LogP contribution >= 0.6 is 0 Å². The van der Waals surface area contributed by atoms with E-state index in [-0.39, 0.29) is 12.5 Å². The largest absolute Gasteiger partial charge is 0.370 e. The van der Waals surface area contributed by atoms with Crippen LogP contribution in [0.1, 0.15) is 12.0 Å². The van der Waals surface area contributed by atoms with Crippen LogP contribution in [0.3, 0.4) is 0 Å². The smallest absolute Gasteiger partial charge is 0.237 e. The quantitative estimate of drug-likeness (QED) is 0.282. The summed E-state index contributed by atoms with van der Waals surface area (Å²) in [4.78, 5) is 40.0. The van der Waals surface area contributed by atoms with E-state index in [1.165, 1.54) is 0 Å². The molecule has 182 valence electrons. The van der Waals surface area contributed by atoms with Gasteiger partial charge in [0.05, 0.1) is 18.8 Å². The molecule has 2 aromatic heterocycles. The van der Waals surface area contributed by atoms with Gasteiger partial charge in [0, 0.05) is 49.8 Å². The molecular weight excluding hydrogens is 444 g/mol. The van der Waals surface area contributed by atoms with E-state index in [2.05, 4.69) is 30.5 Å². The number of hydrogen-bond donors (Lipinski definition) is 3. The first-order valence-electron chi connectivity index (χ1n) is 11.7. The van der Waals surface area contributed by atoms with Crippen LogP contribution in [0.5, 0.6) is 0 Å². The molecule has 1 saturated heterocycles. The van der Waals surface area contributed by atoms with Crippen LogP contribution in [0.25, 0.3) is 11.3 Å². The number of benzene rings is 1. The predicted octanol–water partition coefficient (Wildman–Crippen LogP) is 1.89. The molecule has 10 heteroatoms. The molecule has 4 rings (SSSR count). The first kappa shape index (κ1) is 24.2. The molecular formula is C25H30N8O2. The first-order valence-corrected chi connectivity index (χ1v) is 11.7. The minimum absolute atomic E-state index is 0.0169. The maximum atomic E-state index is 12.2. The highest BCUT2D eigenvalue weighted by molar-refractivity contribution is 5.81. The number of aldehydes is 1. The fraction of sp³-hybridized carbons (Fsp3) is 0.320. The van der Waals surface area contributed by atoms with E-state index in [0.29, 0.717) is 32.1 Å². The molecule has 0 unspecified atom stereocenters. The molecule has 0 spiro atoms. The number of nitrogens with two attached hydrogens (primary N) is 1. The number of anilines is 3. The van der Waals surface area contributed by atoms with Crippen molar-refractivity contribution in [2.24, 2.45) is 5.73 Å². The number of aromatic nitrogens is 3. The van der Waals surface area contributed by atoms with Gasteiger partial charge in [0.15, 0.2) is 0 Å². The number of piperazine rings is 1. The minimum atomic E-state index is -0.0169. The fourth-order valence-corrected chi connectivity index (χ4v) is 3.86. The van der Waals surface area contributed by atoms with E-state index in [0.717, 1.165) is 54.1 Å². The predicted molar refractivity (Wildman–Crippen MR) is 135 cm³/mol. The van der Waals surface area contributed by atoms with Crippen molar-refractivity contribution in [3.05, 3.63) is 60.4 Å². The highest BCUT2D eigenvalue weighted by Crippen LogP contribution is 2.21. The molecule has 4 N–H and O–H groups in total. The molecule has 0 saturated carbocycles. The van der Waals surface area contributed by atoms with Gasteiger partial charge in [0.1, 0.15) is 12.1 Å². The molecule has 0 bridgehead atoms. The Hall–Kier alpha value is -3.89. The molecule has 10 nitrogen and oxygen atoms in total. The van der Waals surface area contributed by atoms with Crippen molar-refractivity contribution < 1.29 is 9.59 Å². The zero-order valence-corrected chi connectivity index (χ0v) is 19.6. The Morgan fingerprint density at radius 1 is 1.11 bits per heavy atom. The lowest BCUT2D eigenvalue weighted by molar-refractivity contribution is -0.137. The summed E-state index contributed by atoms with van der Waals surface area (Å²) in [5.41, 5.74) is 9.13. The molecule has 0 radical (unpaired) electrons. The molecule has 1 fully saturated rings. The number of carbonyl (C=O) groups is 2. The maximum Gasteiger partial charge on any atom is 0.237 e. The summed E-state index contributed by atoms with van der Waals surface area (Å²) in [5, 5.41) is 6.51. The molecule has 1 aromatic carbocycles. The fourth-order valence-electron chi connectivity index (χ4n) is 3.86. The lowest BCUT2D eigenvalue weighted by Crippen LogP contribution is -2.50. The van der Waals surface area contributed by atoms with Crippen molar-refractivity contribution in [1.82, 2.24) is 24.8 Å². The van der Waals surface area contributed by atoms with Crippen LogP contribution in [0.15, 0.2) is 54.9 Å². The molecule has 3 heterocycles. The van der Waals surface area contributed by atoms with Crippen molar-refractivity contribution >= 4 is 29.6 Å². The van der Waals surface area contributed by atoms with Gasteiger partial charge in [-0.2, -0.15) is 0 Å². The maximum absolute atomic E-state index is 12.2. The van der Waals surface area contributed by atoms with Crippen LogP contribution in [0, 0.1) is 0 Å². The molecule has 0 aliphatic carbocycles. The summed E-state index contributed by atoms with van der Waals surface area (Å²) >= 11 is 0. The summed E-state index contributed by atoms with van der Waals surface area (Å²) < 4.78 is 0. The number of nitrogens with zero attached hydrogens (tertiary/aromatic N) is 5. The zero-order chi connectivity index (χ0) is 24.5. The SMILES string of the molecule is NCCCNc1ccc(-c2ccnc(Nc3cccc(CN4CCN(CC=O)C(=O)C4)c3)n2)cn1. The lowest BCUT2D eigenvalue weighted by Gasteiger charge is -2.33. The first-order chi connectivity index (χ1) is 17.1. The molecule has 1 amide bonds. The average Bonchev–Trinajstić information content (AvgIpc) is 2.87. The second-order valence-corrected chi connectivity index (χ2v) is 8.31. The van der Waals surface area contributed by atoms with E-state index in [1.807, 2.05) is 42.5 Å². The van der Waals surface area contributed by atoms with Gasteiger partial charge in [-0.25, -0.2) is 15.0 Å². The van der Waals surface area contributed by atoms with Crippen molar-refractivity contribution in [3.63, 3.8) is 0 Å². The zero-order valence-electron chi connectivity index (χ0n) is 19.6. The van der Waals surface area contributed by atoms with Gasteiger partial charge in [0.25, 0.3) is 0 Å². The number of carbonyl (C=O) groups excluding carboxylic acids is 2. The van der Waals surface area contributed by atoms with E-state index >= 15 is 0 Å². The van der Waals surface area contributed by atoms with Gasteiger partial charge in [-0.15, -0.1) is 0 Å². The Balaban J connectivity index is 1.38. The summed E-state index contributed by atoms with van der Waals surface area (Å²) in [6, 6.07) is 13.7. The van der Waals surface area contributed by atoms with Gasteiger partial charge in [-0.1, -0.05) is 12.1 Å². The highest BCUT2D eigenvalue weighted by atomic mass is 16.2. The molecule has 3 aromatic rings. The Labute approximate surface area is 204 Å². The van der Waals surface area contributed by atoms with Gasteiger partial charge in [0.2, 0.25) is 11.9 Å². The Kier molecular flexibility index (Phi) is 8.31. The normalized spacial score (nSPS) is 14.1. The number of nitrogens with one attached hydrogen (secondary N) is 2. The summed E-state index contributed by atoms with van der Waals surface area (Å²) in [6.45, 7) is 3.85. The standard InChI is InChI=1S/C25H30N8O2/c26-8-2-9-27-23-6-5-20(16-29-23)22-7-10-28-25(31-22)30-21-4-1-3-19(15-21)17-32-11-12-33(13-14-34)24(35)18-32/h1,3-7,10,14-16H,2,8-9,11-13,17-18,26H2,(H,27,29)(H,28,30,31). The summed E-state index contributed by atoms with van der Waals surface area (Å²) in [5.74, 6) is 1.28. The van der Waals surface area contributed by atoms with Crippen molar-refractivity contribution in [1.29, 1.82) is 0 Å². The second kappa shape index (κ2) is 12.0. The van der Waals surface area contributed by atoms with E-state index in [4.69, 9.17) is 5.73 Å². The molecule has 1 aliphatic heterocycles. The molecule has 35 heavy (non-hydrogen) atoms. The van der Waals surface area contributed by atoms with Crippen LogP contribution in [-0.4, -0.2) is 76.2 Å². The van der Waals surface area contributed by atoms with Crippen molar-refractivity contribution in [3.8, 4) is 11.3 Å². The van der Waals surface area contributed by atoms with Gasteiger partial charge in [-0.3, -0.25) is 9.69 Å². The number of amides is 1. The van der Waals surface area contributed by atoms with Crippen molar-refractivity contribution in [2.75, 3.05) is 49.9 Å². The average molecular weight is 475 g/mol. The second-order valence-electron chi connectivity index (χ2n) is 8.31. The third kappa shape index (κ3) is 6.81. The minimum Gasteiger partial charge on any atom is -0.370 e. The van der Waals surface area contributed by atoms with Gasteiger partial charge in [-0.05, 0) is 48.9 Å². The summed E-state index contributed by atoms with van der Waals surface area (Å²) in [6.07, 6.45) is 5.16. The van der Waals surface area contributed by atoms with Crippen LogP contribution in [-0.2, 0) is 16.1 Å². The number of pyridine rings is 1. The van der Waals surface area contributed by atoms with Crippen LogP contribution in [0.2, 0.25) is 0 Å². The highest BCUT2D eigenvalue weighted by Gasteiger charge is 2.23. The van der Waals surface area contributed by atoms with E-state index in [9.17, 15) is 9.59 Å². The van der Waals surface area contributed by atoms with E-state index < -0.39 is 0 Å². The van der Waals surface area contributed by atoms with Gasteiger partial charge >= 0.3 is 0 Å². The third-order valence-electron chi connectivity index (χ3n) is 5.68. The monoisotopic (exact) mass is 474 g/mol. The third-order valence-corrected chi connectivity index (χ3v) is 5.68. The number of rotatable bonds is 11. The lowest BCUT2D eigenvalue weighted by atomic mass is 10.1. The Morgan fingerprint density at radius 2 is 2.03 bits per heavy atom. The molecule has 1 aliphatic rings. The number of hydrogen-bond acceptors (Lipinski definition) is 9. The topological polar surface area (TPSA) is 129 Å². The van der Waals surface area contributed by atoms with Crippen LogP contribution < -0.4 is 16.4 Å². The Bertz CT molecular complexity index is 1140. The Morgan fingerprint density at radius 3 is 2.80 bits per heavy atom. The van der Waals surface area contributed by atoms with Crippen LogP contribution in [0.4, 0.5) is 17.5 Å². The van der Waals surface area contributed by atoms with Gasteiger partial charge < -0.3 is 26.1 Å². The summed E-state index contributed by atoms with van der Waals surface area (Å²) in [7, 11) is 0.